The van der Waals surface area contributed by atoms with E-state index < -0.39 is 0 Å². The van der Waals surface area contributed by atoms with Crippen molar-refractivity contribution in [2.45, 2.75) is 31.3 Å². The predicted octanol–water partition coefficient (Wildman–Crippen LogP) is 2.21. The second-order valence-corrected chi connectivity index (χ2v) is 5.63. The number of nitrogens with zero attached hydrogens (tertiary/aromatic N) is 2. The maximum Gasteiger partial charge on any atom is 0.230 e. The molecule has 2 N–H and O–H groups in total. The van der Waals surface area contributed by atoms with E-state index in [9.17, 15) is 4.79 Å². The Morgan fingerprint density at radius 1 is 1.29 bits per heavy atom. The average molecular weight is 304 g/mol. The van der Waals surface area contributed by atoms with Crippen molar-refractivity contribution in [2.75, 3.05) is 12.3 Å². The molecule has 2 aromatic rings. The number of H-pyrrole nitrogens is 1. The monoisotopic (exact) mass is 304 g/mol. The SMILES string of the molecule is CCCc1nc(SCC(=O)NCCc2ccccc2)n[nH]1. The first-order chi connectivity index (χ1) is 10.3. The fourth-order valence-corrected chi connectivity index (χ4v) is 2.51. The predicted molar refractivity (Wildman–Crippen MR) is 84.3 cm³/mol. The molecule has 1 heterocycles. The Labute approximate surface area is 128 Å². The number of benzene rings is 1. The molecule has 21 heavy (non-hydrogen) atoms. The highest BCUT2D eigenvalue weighted by atomic mass is 32.2. The Kier molecular flexibility index (Phi) is 6.27. The van der Waals surface area contributed by atoms with Gasteiger partial charge in [-0.25, -0.2) is 4.98 Å². The molecule has 0 spiro atoms. The van der Waals surface area contributed by atoms with Crippen molar-refractivity contribution in [1.82, 2.24) is 20.5 Å². The zero-order valence-electron chi connectivity index (χ0n) is 12.1. The van der Waals surface area contributed by atoms with Gasteiger partial charge in [-0.3, -0.25) is 9.89 Å². The van der Waals surface area contributed by atoms with Crippen LogP contribution in [0.2, 0.25) is 0 Å². The summed E-state index contributed by atoms with van der Waals surface area (Å²) in [5.74, 6) is 1.24. The second-order valence-electron chi connectivity index (χ2n) is 4.69. The van der Waals surface area contributed by atoms with Crippen LogP contribution in [-0.2, 0) is 17.6 Å². The Bertz CT molecular complexity index is 556. The standard InChI is InChI=1S/C15H20N4OS/c1-2-6-13-17-15(19-18-13)21-11-14(20)16-10-9-12-7-4-3-5-8-12/h3-5,7-8H,2,6,9-11H2,1H3,(H,16,20)(H,17,18,19). The number of hydrogen-bond acceptors (Lipinski definition) is 4. The molecule has 112 valence electrons. The summed E-state index contributed by atoms with van der Waals surface area (Å²) in [6, 6.07) is 10.1. The van der Waals surface area contributed by atoms with Gasteiger partial charge in [-0.05, 0) is 18.4 Å². The first-order valence-corrected chi connectivity index (χ1v) is 8.11. The fraction of sp³-hybridized carbons (Fsp3) is 0.400. The van der Waals surface area contributed by atoms with E-state index in [1.54, 1.807) is 0 Å². The number of carbonyl (C=O) groups is 1. The maximum atomic E-state index is 11.7. The van der Waals surface area contributed by atoms with Gasteiger partial charge in [0.15, 0.2) is 0 Å². The van der Waals surface area contributed by atoms with E-state index in [0.717, 1.165) is 25.1 Å². The number of thioether (sulfide) groups is 1. The van der Waals surface area contributed by atoms with Crippen molar-refractivity contribution in [3.8, 4) is 0 Å². The largest absolute Gasteiger partial charge is 0.355 e. The number of aryl methyl sites for hydroxylation is 1. The van der Waals surface area contributed by atoms with Crippen LogP contribution in [0.4, 0.5) is 0 Å². The molecule has 1 amide bonds. The maximum absolute atomic E-state index is 11.7. The number of nitrogens with one attached hydrogen (secondary N) is 2. The lowest BCUT2D eigenvalue weighted by molar-refractivity contribution is -0.118. The summed E-state index contributed by atoms with van der Waals surface area (Å²) >= 11 is 1.36. The van der Waals surface area contributed by atoms with Crippen LogP contribution < -0.4 is 5.32 Å². The molecule has 0 saturated carbocycles. The number of amides is 1. The van der Waals surface area contributed by atoms with Crippen LogP contribution >= 0.6 is 11.8 Å². The van der Waals surface area contributed by atoms with Crippen LogP contribution in [0.1, 0.15) is 24.7 Å². The van der Waals surface area contributed by atoms with Gasteiger partial charge in [0.1, 0.15) is 5.82 Å². The highest BCUT2D eigenvalue weighted by Crippen LogP contribution is 2.12. The fourth-order valence-electron chi connectivity index (χ4n) is 1.86. The molecule has 0 atom stereocenters. The lowest BCUT2D eigenvalue weighted by atomic mass is 10.1. The van der Waals surface area contributed by atoms with E-state index in [0.29, 0.717) is 17.5 Å². The minimum Gasteiger partial charge on any atom is -0.355 e. The second kappa shape index (κ2) is 8.46. The third-order valence-electron chi connectivity index (χ3n) is 2.91. The van der Waals surface area contributed by atoms with E-state index in [-0.39, 0.29) is 5.91 Å². The van der Waals surface area contributed by atoms with Crippen LogP contribution in [-0.4, -0.2) is 33.4 Å². The minimum absolute atomic E-state index is 0.0118. The van der Waals surface area contributed by atoms with Gasteiger partial charge < -0.3 is 5.32 Å². The molecule has 0 aliphatic heterocycles. The van der Waals surface area contributed by atoms with E-state index in [1.807, 2.05) is 18.2 Å². The summed E-state index contributed by atoms with van der Waals surface area (Å²) in [6.45, 7) is 2.74. The van der Waals surface area contributed by atoms with Crippen LogP contribution in [0.25, 0.3) is 0 Å². The van der Waals surface area contributed by atoms with Crippen molar-refractivity contribution in [1.29, 1.82) is 0 Å². The van der Waals surface area contributed by atoms with Gasteiger partial charge >= 0.3 is 0 Å². The number of aromatic amines is 1. The van der Waals surface area contributed by atoms with Crippen LogP contribution in [0.3, 0.4) is 0 Å². The molecule has 2 rings (SSSR count). The third-order valence-corrected chi connectivity index (χ3v) is 3.76. The average Bonchev–Trinajstić information content (AvgIpc) is 2.94. The highest BCUT2D eigenvalue weighted by Gasteiger charge is 2.07. The van der Waals surface area contributed by atoms with Gasteiger partial charge in [-0.15, -0.1) is 5.10 Å². The first-order valence-electron chi connectivity index (χ1n) is 7.12. The molecule has 0 fully saturated rings. The lowest BCUT2D eigenvalue weighted by Gasteiger charge is -2.04. The van der Waals surface area contributed by atoms with Crippen molar-refractivity contribution < 1.29 is 4.79 Å². The zero-order valence-corrected chi connectivity index (χ0v) is 12.9. The topological polar surface area (TPSA) is 70.7 Å². The minimum atomic E-state index is 0.0118. The molecule has 0 bridgehead atoms. The van der Waals surface area contributed by atoms with Gasteiger partial charge in [0, 0.05) is 13.0 Å². The van der Waals surface area contributed by atoms with Crippen molar-refractivity contribution in [3.63, 3.8) is 0 Å². The summed E-state index contributed by atoms with van der Waals surface area (Å²) in [5.41, 5.74) is 1.23. The van der Waals surface area contributed by atoms with Crippen molar-refractivity contribution in [2.24, 2.45) is 0 Å². The zero-order chi connectivity index (χ0) is 14.9. The molecule has 1 aromatic heterocycles. The summed E-state index contributed by atoms with van der Waals surface area (Å²) in [5, 5.41) is 10.5. The normalized spacial score (nSPS) is 10.5. The van der Waals surface area contributed by atoms with Crippen LogP contribution in [0, 0.1) is 0 Å². The number of rotatable bonds is 8. The Morgan fingerprint density at radius 2 is 2.10 bits per heavy atom. The van der Waals surface area contributed by atoms with Gasteiger partial charge in [0.25, 0.3) is 0 Å². The summed E-state index contributed by atoms with van der Waals surface area (Å²) in [4.78, 5) is 16.1. The molecule has 0 unspecified atom stereocenters. The number of aromatic nitrogens is 3. The third kappa shape index (κ3) is 5.59. The molecule has 0 aliphatic rings. The first kappa shape index (κ1) is 15.6. The van der Waals surface area contributed by atoms with E-state index in [2.05, 4.69) is 39.6 Å². The quantitative estimate of drug-likeness (QED) is 0.734. The van der Waals surface area contributed by atoms with Gasteiger partial charge in [-0.2, -0.15) is 0 Å². The molecular weight excluding hydrogens is 284 g/mol. The lowest BCUT2D eigenvalue weighted by Crippen LogP contribution is -2.27. The molecule has 5 nitrogen and oxygen atoms in total. The Morgan fingerprint density at radius 3 is 2.86 bits per heavy atom. The molecule has 0 aliphatic carbocycles. The highest BCUT2D eigenvalue weighted by molar-refractivity contribution is 7.99. The van der Waals surface area contributed by atoms with Crippen molar-refractivity contribution >= 4 is 17.7 Å². The van der Waals surface area contributed by atoms with Gasteiger partial charge in [-0.1, -0.05) is 49.0 Å². The van der Waals surface area contributed by atoms with Gasteiger partial charge in [0.2, 0.25) is 11.1 Å². The molecule has 0 saturated heterocycles. The van der Waals surface area contributed by atoms with E-state index >= 15 is 0 Å². The molecule has 1 aromatic carbocycles. The smallest absolute Gasteiger partial charge is 0.230 e. The van der Waals surface area contributed by atoms with E-state index in [1.165, 1.54) is 17.3 Å². The Balaban J connectivity index is 1.65. The van der Waals surface area contributed by atoms with Crippen LogP contribution in [0.5, 0.6) is 0 Å². The van der Waals surface area contributed by atoms with Crippen molar-refractivity contribution in [3.05, 3.63) is 41.7 Å². The van der Waals surface area contributed by atoms with Gasteiger partial charge in [0.05, 0.1) is 5.75 Å². The van der Waals surface area contributed by atoms with E-state index in [4.69, 9.17) is 0 Å². The van der Waals surface area contributed by atoms with Crippen LogP contribution in [0.15, 0.2) is 35.5 Å². The molecule has 6 heteroatoms. The summed E-state index contributed by atoms with van der Waals surface area (Å²) in [7, 11) is 0. The number of hydrogen-bond donors (Lipinski definition) is 2. The molecule has 0 radical (unpaired) electrons. The number of carbonyl (C=O) groups excluding carboxylic acids is 1. The Hall–Kier alpha value is -1.82. The summed E-state index contributed by atoms with van der Waals surface area (Å²) < 4.78 is 0. The summed E-state index contributed by atoms with van der Waals surface area (Å²) in [6.07, 6.45) is 2.76. The molecular formula is C15H20N4OS.